The molecule has 2 unspecified atom stereocenters. The molecule has 4 aromatic carbocycles. The van der Waals surface area contributed by atoms with Crippen molar-refractivity contribution < 1.29 is 17.1 Å². The van der Waals surface area contributed by atoms with E-state index in [-0.39, 0.29) is 0 Å². The van der Waals surface area contributed by atoms with Crippen LogP contribution in [0.15, 0.2) is 97.1 Å². The summed E-state index contributed by atoms with van der Waals surface area (Å²) in [6, 6.07) is 33.9. The molecule has 220 valence electrons. The standard InChI is InChI=1S/2C17H15.C5H12Si.2CH3.Hf/c2*1-2-13-7-3-4-10-15(13)17-12-6-9-14-8-5-11-16(14)17;1-3-4-5-6-2;;;/h2*3-12H,2H2,1H3;3-5H2,1-2H3;2*1H3;. The SMILES string of the molecule is CCCC[Si](C)=[Hf]([CH3])([CH3])([CH]1C=Cc2c(-c3ccccc3CC)cccc21)[CH]1C=Cc2c(-c3ccccc3CC)cccc21. The van der Waals surface area contributed by atoms with Gasteiger partial charge in [-0.25, -0.2) is 0 Å². The van der Waals surface area contributed by atoms with Crippen LogP contribution in [0, 0.1) is 0 Å². The van der Waals surface area contributed by atoms with Crippen molar-refractivity contribution in [3.8, 4) is 22.3 Å². The molecule has 2 aliphatic carbocycles. The minimum absolute atomic E-state index is 0.573. The number of benzene rings is 4. The molecule has 0 radical (unpaired) electrons. The molecular formula is C41H48HfSi. The van der Waals surface area contributed by atoms with Crippen LogP contribution >= 0.6 is 0 Å². The third kappa shape index (κ3) is 4.97. The van der Waals surface area contributed by atoms with Crippen LogP contribution in [0.1, 0.15) is 74.3 Å². The van der Waals surface area contributed by atoms with E-state index in [9.17, 15) is 0 Å². The first kappa shape index (κ1) is 30.5. The third-order valence-electron chi connectivity index (χ3n) is 11.4. The monoisotopic (exact) mass is 748 g/mol. The topological polar surface area (TPSA) is 0 Å². The first-order chi connectivity index (χ1) is 20.8. The van der Waals surface area contributed by atoms with Crippen molar-refractivity contribution in [1.29, 1.82) is 0 Å². The molecule has 0 spiro atoms. The van der Waals surface area contributed by atoms with Crippen LogP contribution < -0.4 is 0 Å². The van der Waals surface area contributed by atoms with E-state index >= 15 is 0 Å². The van der Waals surface area contributed by atoms with Crippen LogP contribution in [0.5, 0.6) is 0 Å². The molecule has 0 saturated heterocycles. The van der Waals surface area contributed by atoms with E-state index in [2.05, 4.69) is 146 Å². The molecule has 2 atom stereocenters. The van der Waals surface area contributed by atoms with Crippen molar-refractivity contribution in [1.82, 2.24) is 0 Å². The number of rotatable bonds is 9. The predicted molar refractivity (Wildman–Crippen MR) is 189 cm³/mol. The fourth-order valence-corrected chi connectivity index (χ4v) is 52.2. The summed E-state index contributed by atoms with van der Waals surface area (Å²) in [7, 11) is 0. The summed E-state index contributed by atoms with van der Waals surface area (Å²) in [6.45, 7) is 9.68. The molecule has 4 aromatic rings. The number of allylic oxidation sites excluding steroid dienone is 2. The molecular weight excluding hydrogens is 699 g/mol. The zero-order valence-electron chi connectivity index (χ0n) is 27.1. The van der Waals surface area contributed by atoms with Crippen molar-refractivity contribution in [2.45, 2.75) is 75.8 Å². The van der Waals surface area contributed by atoms with Crippen molar-refractivity contribution in [2.75, 3.05) is 0 Å². The Morgan fingerprint density at radius 3 is 1.47 bits per heavy atom. The fraction of sp³-hybridized carbons (Fsp3) is 0.317. The van der Waals surface area contributed by atoms with E-state index in [1.807, 2.05) is 0 Å². The maximum atomic E-state index is 2.88. The summed E-state index contributed by atoms with van der Waals surface area (Å²) < 4.78 is 6.91. The Kier molecular flexibility index (Phi) is 8.57. The van der Waals surface area contributed by atoms with E-state index < -0.39 is 22.6 Å². The Bertz CT molecular complexity index is 1690. The second-order valence-corrected chi connectivity index (χ2v) is 61.2. The molecule has 0 N–H and O–H groups in total. The van der Waals surface area contributed by atoms with E-state index in [4.69, 9.17) is 0 Å². The number of aryl methyl sites for hydroxylation is 2. The quantitative estimate of drug-likeness (QED) is 0.150. The van der Waals surface area contributed by atoms with Gasteiger partial charge in [0.1, 0.15) is 0 Å². The summed E-state index contributed by atoms with van der Waals surface area (Å²) in [5.41, 5.74) is 14.2. The van der Waals surface area contributed by atoms with Gasteiger partial charge in [-0.1, -0.05) is 0 Å². The first-order valence-corrected chi connectivity index (χ1v) is 35.6. The average Bonchev–Trinajstić information content (AvgIpc) is 3.70. The molecule has 0 aromatic heterocycles. The number of fused-ring (bicyclic) bond motifs is 2. The molecule has 0 aliphatic heterocycles. The van der Waals surface area contributed by atoms with Gasteiger partial charge in [-0.2, -0.15) is 0 Å². The van der Waals surface area contributed by atoms with Crippen LogP contribution in [0.2, 0.25) is 22.0 Å². The van der Waals surface area contributed by atoms with E-state index in [1.54, 1.807) is 11.1 Å². The summed E-state index contributed by atoms with van der Waals surface area (Å²) >= 11 is -3.81. The minimum atomic E-state index is -3.81. The zero-order chi connectivity index (χ0) is 30.2. The summed E-state index contributed by atoms with van der Waals surface area (Å²) in [6.07, 6.45) is 15.2. The molecule has 0 saturated carbocycles. The van der Waals surface area contributed by atoms with E-state index in [0.29, 0.717) is 7.35 Å². The Morgan fingerprint density at radius 2 is 1.02 bits per heavy atom. The van der Waals surface area contributed by atoms with E-state index in [0.717, 1.165) is 12.8 Å². The molecule has 0 bridgehead atoms. The average molecular weight is 747 g/mol. The van der Waals surface area contributed by atoms with Gasteiger partial charge in [0, 0.05) is 0 Å². The van der Waals surface area contributed by atoms with Crippen LogP contribution in [-0.2, 0) is 30.0 Å². The fourth-order valence-electron chi connectivity index (χ4n) is 8.44. The van der Waals surface area contributed by atoms with Gasteiger partial charge in [0.25, 0.3) is 0 Å². The van der Waals surface area contributed by atoms with Gasteiger partial charge in [0.15, 0.2) is 0 Å². The van der Waals surface area contributed by atoms with Crippen molar-refractivity contribution in [3.63, 3.8) is 0 Å². The molecule has 6 rings (SSSR count). The molecule has 0 amide bonds. The molecule has 43 heavy (non-hydrogen) atoms. The Hall–Kier alpha value is -2.55. The van der Waals surface area contributed by atoms with Crippen LogP contribution in [-0.4, -0.2) is 5.49 Å². The van der Waals surface area contributed by atoms with Crippen LogP contribution in [0.4, 0.5) is 0 Å². The summed E-state index contributed by atoms with van der Waals surface area (Å²) in [5.74, 6) is 0. The van der Waals surface area contributed by atoms with Gasteiger partial charge in [-0.15, -0.1) is 0 Å². The van der Waals surface area contributed by atoms with E-state index in [1.165, 1.54) is 63.4 Å². The Morgan fingerprint density at radius 1 is 0.581 bits per heavy atom. The normalized spacial score (nSPS) is 17.3. The van der Waals surface area contributed by atoms with Crippen LogP contribution in [0.3, 0.4) is 0 Å². The van der Waals surface area contributed by atoms with Crippen molar-refractivity contribution in [2.24, 2.45) is 0 Å². The zero-order valence-corrected chi connectivity index (χ0v) is 31.7. The van der Waals surface area contributed by atoms with Crippen molar-refractivity contribution in [3.05, 3.63) is 130 Å². The first-order valence-electron chi connectivity index (χ1n) is 16.6. The van der Waals surface area contributed by atoms with Gasteiger partial charge >= 0.3 is 263 Å². The van der Waals surface area contributed by atoms with Gasteiger partial charge in [-0.05, 0) is 0 Å². The molecule has 0 nitrogen and oxygen atoms in total. The predicted octanol–water partition coefficient (Wildman–Crippen LogP) is 12.2. The molecule has 2 aliphatic rings. The number of unbranched alkanes of at least 4 members (excludes halogenated alkanes) is 1. The third-order valence-corrected chi connectivity index (χ3v) is 69.4. The van der Waals surface area contributed by atoms with Gasteiger partial charge in [-0.3, -0.25) is 0 Å². The van der Waals surface area contributed by atoms with Gasteiger partial charge in [0.2, 0.25) is 0 Å². The maximum absolute atomic E-state index is 3.81. The van der Waals surface area contributed by atoms with Gasteiger partial charge < -0.3 is 0 Å². The molecule has 0 heterocycles. The van der Waals surface area contributed by atoms with Crippen LogP contribution in [0.25, 0.3) is 34.4 Å². The summed E-state index contributed by atoms with van der Waals surface area (Å²) in [5, 5.41) is 0. The summed E-state index contributed by atoms with van der Waals surface area (Å²) in [4.78, 5) is 0. The molecule has 0 fully saturated rings. The van der Waals surface area contributed by atoms with Crippen molar-refractivity contribution >= 4 is 17.6 Å². The second kappa shape index (κ2) is 12.1. The Balaban J connectivity index is 1.55. The number of hydrogen-bond donors (Lipinski definition) is 0. The van der Waals surface area contributed by atoms with Gasteiger partial charge in [0.05, 0.1) is 0 Å². The molecule has 2 heteroatoms. The Labute approximate surface area is 261 Å². The number of hydrogen-bond acceptors (Lipinski definition) is 0. The second-order valence-electron chi connectivity index (χ2n) is 13.8.